The summed E-state index contributed by atoms with van der Waals surface area (Å²) in [4.78, 5) is 3.23. The van der Waals surface area contributed by atoms with Gasteiger partial charge in [0.1, 0.15) is 29.6 Å². The van der Waals surface area contributed by atoms with Gasteiger partial charge in [0.25, 0.3) is 0 Å². The number of aliphatic hydroxyl groups is 1. The maximum atomic E-state index is 13.8. The van der Waals surface area contributed by atoms with Crippen LogP contribution in [0, 0.1) is 17.1 Å². The third kappa shape index (κ3) is 3.13. The van der Waals surface area contributed by atoms with Crippen molar-refractivity contribution in [1.82, 2.24) is 4.98 Å². The summed E-state index contributed by atoms with van der Waals surface area (Å²) in [5.41, 5.74) is -2.33. The Morgan fingerprint density at radius 3 is 2.64 bits per heavy atom. The molecule has 1 aromatic carbocycles. The zero-order valence-electron chi connectivity index (χ0n) is 12.3. The van der Waals surface area contributed by atoms with E-state index in [0.29, 0.717) is 0 Å². The van der Waals surface area contributed by atoms with E-state index in [1.807, 2.05) is 0 Å². The van der Waals surface area contributed by atoms with Crippen LogP contribution in [0.2, 0.25) is 0 Å². The van der Waals surface area contributed by atoms with Gasteiger partial charge in [-0.1, -0.05) is 0 Å². The van der Waals surface area contributed by atoms with Crippen molar-refractivity contribution in [3.05, 3.63) is 52.6 Å². The average Bonchev–Trinajstić information content (AvgIpc) is 2.82. The highest BCUT2D eigenvalue weighted by Gasteiger charge is 2.44. The van der Waals surface area contributed by atoms with Gasteiger partial charge in [-0.3, -0.25) is 0 Å². The molecular formula is C16H9F5N2O2. The van der Waals surface area contributed by atoms with E-state index in [2.05, 4.69) is 4.98 Å². The number of nitrogens with zero attached hydrogens (tertiary/aromatic N) is 2. The third-order valence-electron chi connectivity index (χ3n) is 3.72. The van der Waals surface area contributed by atoms with Gasteiger partial charge in [0.05, 0.1) is 17.8 Å². The maximum Gasteiger partial charge on any atom is 0.433 e. The Kier molecular flexibility index (Phi) is 4.08. The number of hydrogen-bond donors (Lipinski definition) is 1. The van der Waals surface area contributed by atoms with Crippen LogP contribution < -0.4 is 4.74 Å². The highest BCUT2D eigenvalue weighted by atomic mass is 19.4. The van der Waals surface area contributed by atoms with Crippen molar-refractivity contribution >= 4 is 0 Å². The number of ether oxygens (including phenoxy) is 1. The lowest BCUT2D eigenvalue weighted by Gasteiger charge is -2.16. The smallest absolute Gasteiger partial charge is 0.433 e. The fourth-order valence-corrected chi connectivity index (χ4v) is 2.69. The first-order valence-electron chi connectivity index (χ1n) is 7.00. The van der Waals surface area contributed by atoms with Crippen molar-refractivity contribution in [2.75, 3.05) is 0 Å². The molecule has 1 aliphatic carbocycles. The standard InChI is InChI=1S/C16H9F5N2O2/c17-8-1-7(5-22)2-9(3-8)25-12-6-23-15(16(19,20)21)13-10(12)4-11(18)14(13)24/h1-3,6,11,14,24H,4H2/t11-,14-/m1/s1. The first-order valence-corrected chi connectivity index (χ1v) is 7.00. The monoisotopic (exact) mass is 356 g/mol. The summed E-state index contributed by atoms with van der Waals surface area (Å²) < 4.78 is 71.6. The number of hydrogen-bond acceptors (Lipinski definition) is 4. The highest BCUT2D eigenvalue weighted by molar-refractivity contribution is 5.49. The maximum absolute atomic E-state index is 13.8. The summed E-state index contributed by atoms with van der Waals surface area (Å²) in [5, 5.41) is 18.5. The van der Waals surface area contributed by atoms with E-state index in [4.69, 9.17) is 10.00 Å². The van der Waals surface area contributed by atoms with Gasteiger partial charge in [-0.05, 0) is 12.1 Å². The number of aromatic nitrogens is 1. The van der Waals surface area contributed by atoms with Gasteiger partial charge in [-0.15, -0.1) is 0 Å². The molecule has 1 aromatic heterocycles. The number of pyridine rings is 1. The lowest BCUT2D eigenvalue weighted by molar-refractivity contribution is -0.143. The fourth-order valence-electron chi connectivity index (χ4n) is 2.69. The zero-order valence-corrected chi connectivity index (χ0v) is 12.3. The molecule has 3 rings (SSSR count). The molecule has 0 bridgehead atoms. The van der Waals surface area contributed by atoms with Gasteiger partial charge in [0.2, 0.25) is 0 Å². The lowest BCUT2D eigenvalue weighted by Crippen LogP contribution is -2.15. The minimum absolute atomic E-state index is 0.0603. The van der Waals surface area contributed by atoms with Gasteiger partial charge < -0.3 is 9.84 Å². The molecule has 0 radical (unpaired) electrons. The summed E-state index contributed by atoms with van der Waals surface area (Å²) in [6.07, 6.45) is -8.56. The molecule has 130 valence electrons. The second-order valence-corrected chi connectivity index (χ2v) is 5.42. The Balaban J connectivity index is 2.08. The second-order valence-electron chi connectivity index (χ2n) is 5.42. The molecule has 9 heteroatoms. The van der Waals surface area contributed by atoms with Crippen molar-refractivity contribution in [2.45, 2.75) is 24.9 Å². The molecule has 1 aliphatic rings. The van der Waals surface area contributed by atoms with Gasteiger partial charge in [-0.25, -0.2) is 13.8 Å². The van der Waals surface area contributed by atoms with Crippen LogP contribution in [0.25, 0.3) is 0 Å². The molecule has 0 aliphatic heterocycles. The first kappa shape index (κ1) is 17.1. The zero-order chi connectivity index (χ0) is 18.4. The van der Waals surface area contributed by atoms with Crippen LogP contribution in [0.1, 0.15) is 28.5 Å². The van der Waals surface area contributed by atoms with E-state index in [1.54, 1.807) is 6.07 Å². The van der Waals surface area contributed by atoms with Gasteiger partial charge >= 0.3 is 6.18 Å². The second kappa shape index (κ2) is 5.97. The minimum atomic E-state index is -4.87. The quantitative estimate of drug-likeness (QED) is 0.831. The van der Waals surface area contributed by atoms with Crippen molar-refractivity contribution in [2.24, 2.45) is 0 Å². The van der Waals surface area contributed by atoms with E-state index >= 15 is 0 Å². The molecule has 0 spiro atoms. The SMILES string of the molecule is N#Cc1cc(F)cc(Oc2cnc(C(F)(F)F)c3c2C[C@@H](F)[C@H]3O)c1. The minimum Gasteiger partial charge on any atom is -0.455 e. The Morgan fingerprint density at radius 2 is 2.00 bits per heavy atom. The largest absolute Gasteiger partial charge is 0.455 e. The molecule has 0 saturated carbocycles. The number of benzene rings is 1. The average molecular weight is 356 g/mol. The van der Waals surface area contributed by atoms with Gasteiger partial charge in [-0.2, -0.15) is 18.4 Å². The molecule has 2 aromatic rings. The number of nitriles is 1. The number of aliphatic hydroxyl groups excluding tert-OH is 1. The van der Waals surface area contributed by atoms with E-state index in [-0.39, 0.29) is 22.6 Å². The Labute approximate surface area is 138 Å². The van der Waals surface area contributed by atoms with Gasteiger partial charge in [0, 0.05) is 23.6 Å². The van der Waals surface area contributed by atoms with E-state index in [9.17, 15) is 27.1 Å². The fraction of sp³-hybridized carbons (Fsp3) is 0.250. The molecular weight excluding hydrogens is 347 g/mol. The number of alkyl halides is 4. The molecule has 0 unspecified atom stereocenters. The lowest BCUT2D eigenvalue weighted by atomic mass is 10.1. The Bertz CT molecular complexity index is 876. The molecule has 25 heavy (non-hydrogen) atoms. The molecule has 1 heterocycles. The summed E-state index contributed by atoms with van der Waals surface area (Å²) >= 11 is 0. The summed E-state index contributed by atoms with van der Waals surface area (Å²) in [7, 11) is 0. The summed E-state index contributed by atoms with van der Waals surface area (Å²) in [6.45, 7) is 0. The van der Waals surface area contributed by atoms with Crippen LogP contribution >= 0.6 is 0 Å². The number of halogens is 5. The predicted molar refractivity (Wildman–Crippen MR) is 74.0 cm³/mol. The molecule has 0 saturated heterocycles. The first-order chi connectivity index (χ1) is 11.7. The van der Waals surface area contributed by atoms with E-state index < -0.39 is 41.9 Å². The van der Waals surface area contributed by atoms with Crippen LogP contribution in [-0.2, 0) is 12.6 Å². The molecule has 4 nitrogen and oxygen atoms in total. The Morgan fingerprint density at radius 1 is 1.28 bits per heavy atom. The van der Waals surface area contributed by atoms with E-state index in [0.717, 1.165) is 18.3 Å². The Hall–Kier alpha value is -2.73. The normalized spacial score (nSPS) is 19.4. The molecule has 2 atom stereocenters. The van der Waals surface area contributed by atoms with Gasteiger partial charge in [0.15, 0.2) is 5.69 Å². The van der Waals surface area contributed by atoms with Crippen LogP contribution in [0.5, 0.6) is 11.5 Å². The molecule has 0 fully saturated rings. The summed E-state index contributed by atoms with van der Waals surface area (Å²) in [5.74, 6) is -1.18. The van der Waals surface area contributed by atoms with Crippen LogP contribution in [0.3, 0.4) is 0 Å². The number of fused-ring (bicyclic) bond motifs is 1. The van der Waals surface area contributed by atoms with Crippen molar-refractivity contribution in [1.29, 1.82) is 5.26 Å². The van der Waals surface area contributed by atoms with Crippen LogP contribution in [0.4, 0.5) is 22.0 Å². The van der Waals surface area contributed by atoms with E-state index in [1.165, 1.54) is 6.07 Å². The predicted octanol–water partition coefficient (Wildman–Crippen LogP) is 3.83. The number of rotatable bonds is 2. The van der Waals surface area contributed by atoms with Crippen LogP contribution in [0.15, 0.2) is 24.4 Å². The summed E-state index contributed by atoms with van der Waals surface area (Å²) in [6, 6.07) is 4.75. The third-order valence-corrected chi connectivity index (χ3v) is 3.72. The van der Waals surface area contributed by atoms with Crippen molar-refractivity contribution < 1.29 is 31.8 Å². The van der Waals surface area contributed by atoms with Crippen molar-refractivity contribution in [3.63, 3.8) is 0 Å². The highest BCUT2D eigenvalue weighted by Crippen LogP contribution is 2.45. The van der Waals surface area contributed by atoms with Crippen LogP contribution in [-0.4, -0.2) is 16.3 Å². The van der Waals surface area contributed by atoms with Crippen molar-refractivity contribution in [3.8, 4) is 17.6 Å². The molecule has 0 amide bonds. The topological polar surface area (TPSA) is 66.1 Å². The molecule has 1 N–H and O–H groups in total.